The Bertz CT molecular complexity index is 927. The average Bonchev–Trinajstić information content (AvgIpc) is 3.43. The number of hydrogen-bond acceptors (Lipinski definition) is 6. The summed E-state index contributed by atoms with van der Waals surface area (Å²) in [5, 5.41) is 10.9. The number of rotatable bonds is 4. The molecule has 0 radical (unpaired) electrons. The lowest BCUT2D eigenvalue weighted by Gasteiger charge is -2.31. The molecule has 1 aliphatic carbocycles. The number of hydrogen-bond donors (Lipinski definition) is 0. The molecule has 0 bridgehead atoms. The molecule has 2 aliphatic rings. The van der Waals surface area contributed by atoms with Gasteiger partial charge in [0.05, 0.1) is 17.2 Å². The zero-order valence-corrected chi connectivity index (χ0v) is 15.7. The van der Waals surface area contributed by atoms with E-state index in [0.29, 0.717) is 6.04 Å². The first-order valence-corrected chi connectivity index (χ1v) is 10.2. The van der Waals surface area contributed by atoms with Gasteiger partial charge in [0, 0.05) is 19.1 Å². The first kappa shape index (κ1) is 16.1. The summed E-state index contributed by atoms with van der Waals surface area (Å²) in [6, 6.07) is 8.50. The molecule has 1 saturated heterocycles. The van der Waals surface area contributed by atoms with Crippen molar-refractivity contribution in [3.63, 3.8) is 0 Å². The molecule has 7 heteroatoms. The van der Waals surface area contributed by atoms with Crippen LogP contribution in [-0.4, -0.2) is 37.8 Å². The molecule has 6 nitrogen and oxygen atoms in total. The monoisotopic (exact) mass is 366 g/mol. The van der Waals surface area contributed by atoms with Gasteiger partial charge < -0.3 is 4.90 Å². The lowest BCUT2D eigenvalue weighted by molar-refractivity contribution is 0.429. The van der Waals surface area contributed by atoms with Gasteiger partial charge in [-0.25, -0.2) is 4.98 Å². The number of anilines is 1. The van der Waals surface area contributed by atoms with E-state index in [2.05, 4.69) is 31.6 Å². The molecule has 26 heavy (non-hydrogen) atoms. The van der Waals surface area contributed by atoms with Gasteiger partial charge in [0.25, 0.3) is 0 Å². The summed E-state index contributed by atoms with van der Waals surface area (Å²) in [4.78, 5) is 11.7. The normalized spacial score (nSPS) is 18.6. The maximum Gasteiger partial charge on any atom is 0.228 e. The number of nitrogens with zero attached hydrogens (tertiary/aromatic N) is 6. The third-order valence-electron chi connectivity index (χ3n) is 5.25. The van der Waals surface area contributed by atoms with Gasteiger partial charge in [-0.05, 0) is 55.5 Å². The summed E-state index contributed by atoms with van der Waals surface area (Å²) in [5.41, 5.74) is 1.84. The van der Waals surface area contributed by atoms with Gasteiger partial charge in [0.2, 0.25) is 5.95 Å². The fraction of sp³-hybridized carbons (Fsp3) is 0.474. The first-order chi connectivity index (χ1) is 12.8. The fourth-order valence-electron chi connectivity index (χ4n) is 3.50. The Hall–Kier alpha value is -2.15. The van der Waals surface area contributed by atoms with Gasteiger partial charge in [-0.15, -0.1) is 10.2 Å². The fourth-order valence-corrected chi connectivity index (χ4v) is 4.35. The van der Waals surface area contributed by atoms with Crippen LogP contribution in [0.4, 0.5) is 5.95 Å². The molecule has 1 aliphatic heterocycles. The molecule has 0 unspecified atom stereocenters. The molecule has 134 valence electrons. The number of para-hydroxylation sites is 2. The van der Waals surface area contributed by atoms with Crippen molar-refractivity contribution in [2.45, 2.75) is 48.8 Å². The van der Waals surface area contributed by atoms with Crippen molar-refractivity contribution in [3.05, 3.63) is 30.5 Å². The largest absolute Gasteiger partial charge is 0.341 e. The highest BCUT2D eigenvalue weighted by atomic mass is 32.2. The third-order valence-corrected chi connectivity index (χ3v) is 6.11. The standard InChI is InChI=1S/C19H22N6S/c1-13-8-10-24(11-9-13)18-22-23-19(25(18)14-6-7-14)26-17-12-20-15-4-2-3-5-16(15)21-17/h2-5,12-14H,6-11H2,1H3. The Kier molecular flexibility index (Phi) is 4.04. The summed E-state index contributed by atoms with van der Waals surface area (Å²) < 4.78 is 2.33. The molecular formula is C19H22N6S. The minimum Gasteiger partial charge on any atom is -0.341 e. The maximum absolute atomic E-state index is 4.73. The second-order valence-electron chi connectivity index (χ2n) is 7.35. The van der Waals surface area contributed by atoms with Crippen LogP contribution in [0.25, 0.3) is 11.0 Å². The molecule has 1 aromatic carbocycles. The van der Waals surface area contributed by atoms with Crippen molar-refractivity contribution in [2.24, 2.45) is 5.92 Å². The second-order valence-corrected chi connectivity index (χ2v) is 8.34. The minimum atomic E-state index is 0.537. The number of piperidine rings is 1. The van der Waals surface area contributed by atoms with Crippen LogP contribution in [0.3, 0.4) is 0 Å². The highest BCUT2D eigenvalue weighted by Gasteiger charge is 2.32. The molecule has 0 N–H and O–H groups in total. The maximum atomic E-state index is 4.73. The predicted molar refractivity (Wildman–Crippen MR) is 103 cm³/mol. The highest BCUT2D eigenvalue weighted by Crippen LogP contribution is 2.42. The molecule has 2 fully saturated rings. The smallest absolute Gasteiger partial charge is 0.228 e. The lowest BCUT2D eigenvalue weighted by atomic mass is 10.00. The molecule has 0 amide bonds. The van der Waals surface area contributed by atoms with E-state index in [4.69, 9.17) is 4.98 Å². The van der Waals surface area contributed by atoms with E-state index < -0.39 is 0 Å². The van der Waals surface area contributed by atoms with Gasteiger partial charge in [0.15, 0.2) is 5.16 Å². The molecule has 3 heterocycles. The Balaban J connectivity index is 1.45. The Morgan fingerprint density at radius 2 is 1.77 bits per heavy atom. The molecule has 5 rings (SSSR count). The predicted octanol–water partition coefficient (Wildman–Crippen LogP) is 3.94. The second kappa shape index (κ2) is 6.54. The quantitative estimate of drug-likeness (QED) is 0.697. The Morgan fingerprint density at radius 1 is 1.00 bits per heavy atom. The van der Waals surface area contributed by atoms with E-state index in [1.807, 2.05) is 30.5 Å². The molecule has 2 aromatic heterocycles. The lowest BCUT2D eigenvalue weighted by Crippen LogP contribution is -2.34. The van der Waals surface area contributed by atoms with Gasteiger partial charge in [-0.1, -0.05) is 19.1 Å². The number of aromatic nitrogens is 5. The van der Waals surface area contributed by atoms with Gasteiger partial charge in [0.1, 0.15) is 5.03 Å². The summed E-state index contributed by atoms with van der Waals surface area (Å²) >= 11 is 1.57. The van der Waals surface area contributed by atoms with Crippen LogP contribution in [0, 0.1) is 5.92 Å². The van der Waals surface area contributed by atoms with Gasteiger partial charge in [-0.3, -0.25) is 9.55 Å². The van der Waals surface area contributed by atoms with Crippen molar-refractivity contribution in [1.82, 2.24) is 24.7 Å². The van der Waals surface area contributed by atoms with Crippen LogP contribution in [0.5, 0.6) is 0 Å². The summed E-state index contributed by atoms with van der Waals surface area (Å²) in [7, 11) is 0. The zero-order valence-electron chi connectivity index (χ0n) is 14.9. The molecule has 1 saturated carbocycles. The van der Waals surface area contributed by atoms with Crippen LogP contribution in [0.15, 0.2) is 40.6 Å². The van der Waals surface area contributed by atoms with E-state index in [-0.39, 0.29) is 0 Å². The Labute approximate surface area is 157 Å². The molecular weight excluding hydrogens is 344 g/mol. The van der Waals surface area contributed by atoms with Crippen LogP contribution in [0.2, 0.25) is 0 Å². The highest BCUT2D eigenvalue weighted by molar-refractivity contribution is 7.99. The van der Waals surface area contributed by atoms with E-state index in [9.17, 15) is 0 Å². The molecule has 0 spiro atoms. The van der Waals surface area contributed by atoms with E-state index in [1.54, 1.807) is 11.8 Å². The van der Waals surface area contributed by atoms with Crippen molar-refractivity contribution in [3.8, 4) is 0 Å². The Morgan fingerprint density at radius 3 is 2.54 bits per heavy atom. The molecule has 0 atom stereocenters. The van der Waals surface area contributed by atoms with Gasteiger partial charge >= 0.3 is 0 Å². The third kappa shape index (κ3) is 3.05. The van der Waals surface area contributed by atoms with Crippen LogP contribution in [0.1, 0.15) is 38.6 Å². The van der Waals surface area contributed by atoms with Crippen LogP contribution in [-0.2, 0) is 0 Å². The van der Waals surface area contributed by atoms with Crippen molar-refractivity contribution in [1.29, 1.82) is 0 Å². The topological polar surface area (TPSA) is 59.7 Å². The molecule has 3 aromatic rings. The van der Waals surface area contributed by atoms with E-state index in [0.717, 1.165) is 46.2 Å². The van der Waals surface area contributed by atoms with Crippen molar-refractivity contribution >= 4 is 28.7 Å². The summed E-state index contributed by atoms with van der Waals surface area (Å²) in [6.07, 6.45) is 6.73. The SMILES string of the molecule is CC1CCN(c2nnc(Sc3cnc4ccccc4n3)n2C2CC2)CC1. The van der Waals surface area contributed by atoms with Gasteiger partial charge in [-0.2, -0.15) is 0 Å². The minimum absolute atomic E-state index is 0.537. The van der Waals surface area contributed by atoms with E-state index in [1.165, 1.54) is 25.7 Å². The zero-order chi connectivity index (χ0) is 17.5. The van der Waals surface area contributed by atoms with Crippen LogP contribution >= 0.6 is 11.8 Å². The van der Waals surface area contributed by atoms with E-state index >= 15 is 0 Å². The first-order valence-electron chi connectivity index (χ1n) is 9.37. The number of benzene rings is 1. The summed E-state index contributed by atoms with van der Waals surface area (Å²) in [6.45, 7) is 4.49. The van der Waals surface area contributed by atoms with Crippen molar-refractivity contribution in [2.75, 3.05) is 18.0 Å². The van der Waals surface area contributed by atoms with Crippen LogP contribution < -0.4 is 4.90 Å². The van der Waals surface area contributed by atoms with Crippen molar-refractivity contribution < 1.29 is 0 Å². The average molecular weight is 366 g/mol. The number of fused-ring (bicyclic) bond motifs is 1. The summed E-state index contributed by atoms with van der Waals surface area (Å²) in [5.74, 6) is 1.85.